The molecule has 188 valence electrons. The predicted molar refractivity (Wildman–Crippen MR) is 143 cm³/mol. The lowest BCUT2D eigenvalue weighted by Gasteiger charge is -2.35. The zero-order valence-corrected chi connectivity index (χ0v) is 21.4. The van der Waals surface area contributed by atoms with E-state index >= 15 is 0 Å². The van der Waals surface area contributed by atoms with Gasteiger partial charge in [-0.25, -0.2) is 4.68 Å². The van der Waals surface area contributed by atoms with E-state index in [0.29, 0.717) is 12.6 Å². The Morgan fingerprint density at radius 1 is 1.11 bits per heavy atom. The molecule has 1 aliphatic carbocycles. The summed E-state index contributed by atoms with van der Waals surface area (Å²) in [5.74, 6) is 0.910. The summed E-state index contributed by atoms with van der Waals surface area (Å²) >= 11 is 0. The van der Waals surface area contributed by atoms with Crippen LogP contribution in [0.15, 0.2) is 59.4 Å². The van der Waals surface area contributed by atoms with Crippen molar-refractivity contribution in [2.45, 2.75) is 84.0 Å². The van der Waals surface area contributed by atoms with Gasteiger partial charge in [0.1, 0.15) is 0 Å². The van der Waals surface area contributed by atoms with Crippen LogP contribution in [0.4, 0.5) is 0 Å². The van der Waals surface area contributed by atoms with Crippen molar-refractivity contribution in [2.75, 3.05) is 0 Å². The molecule has 0 radical (unpaired) electrons. The summed E-state index contributed by atoms with van der Waals surface area (Å²) in [5.41, 5.74) is 4.15. The number of nitrogens with one attached hydrogen (secondary N) is 1. The van der Waals surface area contributed by atoms with Gasteiger partial charge in [-0.2, -0.15) is 0 Å². The Kier molecular flexibility index (Phi) is 7.56. The van der Waals surface area contributed by atoms with Crippen LogP contribution in [0.3, 0.4) is 0 Å². The van der Waals surface area contributed by atoms with Crippen molar-refractivity contribution in [3.05, 3.63) is 87.5 Å². The average molecular weight is 485 g/mol. The number of fused-ring (bicyclic) bond motifs is 1. The first-order valence-electron chi connectivity index (χ1n) is 13.3. The summed E-state index contributed by atoms with van der Waals surface area (Å²) < 4.78 is 1.98. The fourth-order valence-electron chi connectivity index (χ4n) is 5.62. The Labute approximate surface area is 212 Å². The van der Waals surface area contributed by atoms with E-state index in [9.17, 15) is 4.79 Å². The van der Waals surface area contributed by atoms with Gasteiger partial charge in [-0.3, -0.25) is 9.69 Å². The summed E-state index contributed by atoms with van der Waals surface area (Å²) in [6.07, 6.45) is 7.61. The SMILES string of the molecule is CCC[C@@H](c1nnnn1CCc1ccccc1)N(Cc1cc2cc(C)ccc2[nH]c1=O)C1CCCC1. The van der Waals surface area contributed by atoms with Gasteiger partial charge >= 0.3 is 0 Å². The van der Waals surface area contributed by atoms with E-state index in [1.807, 2.05) is 22.9 Å². The van der Waals surface area contributed by atoms with E-state index in [0.717, 1.165) is 60.9 Å². The summed E-state index contributed by atoms with van der Waals surface area (Å²) in [6, 6.07) is 19.2. The fourth-order valence-corrected chi connectivity index (χ4v) is 5.62. The molecule has 0 bridgehead atoms. The Bertz CT molecular complexity index is 1340. The minimum Gasteiger partial charge on any atom is -0.322 e. The molecule has 36 heavy (non-hydrogen) atoms. The largest absolute Gasteiger partial charge is 0.322 e. The van der Waals surface area contributed by atoms with Crippen molar-refractivity contribution in [2.24, 2.45) is 0 Å². The van der Waals surface area contributed by atoms with Crippen LogP contribution in [0.1, 0.15) is 74.0 Å². The van der Waals surface area contributed by atoms with Crippen molar-refractivity contribution in [1.29, 1.82) is 0 Å². The highest BCUT2D eigenvalue weighted by atomic mass is 16.1. The maximum absolute atomic E-state index is 13.1. The number of benzene rings is 2. The predicted octanol–water partition coefficient (Wildman–Crippen LogP) is 5.35. The monoisotopic (exact) mass is 484 g/mol. The lowest BCUT2D eigenvalue weighted by molar-refractivity contribution is 0.108. The van der Waals surface area contributed by atoms with Gasteiger partial charge in [-0.1, -0.05) is 68.1 Å². The molecule has 0 aliphatic heterocycles. The van der Waals surface area contributed by atoms with E-state index in [1.54, 1.807) is 0 Å². The number of rotatable bonds is 10. The first-order chi connectivity index (χ1) is 17.6. The van der Waals surface area contributed by atoms with E-state index in [-0.39, 0.29) is 11.6 Å². The van der Waals surface area contributed by atoms with Crippen molar-refractivity contribution < 1.29 is 0 Å². The number of pyridine rings is 1. The molecule has 7 nitrogen and oxygen atoms in total. The Balaban J connectivity index is 1.47. The van der Waals surface area contributed by atoms with Crippen molar-refractivity contribution in [3.63, 3.8) is 0 Å². The second kappa shape index (κ2) is 11.2. The van der Waals surface area contributed by atoms with Gasteiger partial charge in [0, 0.05) is 30.2 Å². The highest BCUT2D eigenvalue weighted by Crippen LogP contribution is 2.34. The Hall–Kier alpha value is -3.32. The van der Waals surface area contributed by atoms with Crippen LogP contribution in [0.25, 0.3) is 10.9 Å². The Morgan fingerprint density at radius 3 is 2.69 bits per heavy atom. The number of H-pyrrole nitrogens is 1. The van der Waals surface area contributed by atoms with Crippen molar-refractivity contribution >= 4 is 10.9 Å². The molecular weight excluding hydrogens is 448 g/mol. The molecule has 1 atom stereocenters. The molecule has 1 N–H and O–H groups in total. The number of nitrogens with zero attached hydrogens (tertiary/aromatic N) is 5. The molecule has 1 aliphatic rings. The molecule has 5 rings (SSSR count). The van der Waals surface area contributed by atoms with E-state index < -0.39 is 0 Å². The zero-order valence-electron chi connectivity index (χ0n) is 21.4. The van der Waals surface area contributed by atoms with Crippen LogP contribution in [-0.4, -0.2) is 36.1 Å². The average Bonchev–Trinajstić information content (AvgIpc) is 3.58. The summed E-state index contributed by atoms with van der Waals surface area (Å²) in [6.45, 7) is 5.63. The molecule has 0 saturated heterocycles. The molecule has 2 aromatic heterocycles. The van der Waals surface area contributed by atoms with Crippen LogP contribution in [-0.2, 0) is 19.5 Å². The molecule has 0 spiro atoms. The lowest BCUT2D eigenvalue weighted by Crippen LogP contribution is -2.39. The van der Waals surface area contributed by atoms with Crippen LogP contribution in [0.2, 0.25) is 0 Å². The number of tetrazole rings is 1. The second-order valence-corrected chi connectivity index (χ2v) is 10.1. The molecule has 4 aromatic rings. The van der Waals surface area contributed by atoms with Crippen LogP contribution < -0.4 is 5.56 Å². The molecule has 0 unspecified atom stereocenters. The van der Waals surface area contributed by atoms with E-state index in [2.05, 4.69) is 75.7 Å². The van der Waals surface area contributed by atoms with Gasteiger partial charge in [-0.15, -0.1) is 5.10 Å². The number of aromatic amines is 1. The first kappa shape index (κ1) is 24.4. The third-order valence-electron chi connectivity index (χ3n) is 7.50. The molecule has 1 fully saturated rings. The molecular formula is C29H36N6O. The van der Waals surface area contributed by atoms with Crippen LogP contribution >= 0.6 is 0 Å². The van der Waals surface area contributed by atoms with Gasteiger partial charge in [-0.05, 0) is 72.2 Å². The maximum Gasteiger partial charge on any atom is 0.252 e. The quantitative estimate of drug-likeness (QED) is 0.328. The summed E-state index contributed by atoms with van der Waals surface area (Å²) in [7, 11) is 0. The van der Waals surface area contributed by atoms with Crippen LogP contribution in [0, 0.1) is 6.92 Å². The summed E-state index contributed by atoms with van der Waals surface area (Å²) in [4.78, 5) is 18.8. The minimum atomic E-state index is -0.00623. The van der Waals surface area contributed by atoms with Gasteiger partial charge in [0.2, 0.25) is 0 Å². The van der Waals surface area contributed by atoms with Crippen molar-refractivity contribution in [1.82, 2.24) is 30.1 Å². The third kappa shape index (κ3) is 5.41. The molecule has 0 amide bonds. The van der Waals surface area contributed by atoms with Gasteiger partial charge in [0.05, 0.1) is 6.04 Å². The molecule has 2 heterocycles. The highest BCUT2D eigenvalue weighted by Gasteiger charge is 2.33. The lowest BCUT2D eigenvalue weighted by atomic mass is 10.0. The smallest absolute Gasteiger partial charge is 0.252 e. The minimum absolute atomic E-state index is 0.00623. The van der Waals surface area contributed by atoms with Gasteiger partial charge in [0.15, 0.2) is 5.82 Å². The molecule has 2 aromatic carbocycles. The normalized spacial score (nSPS) is 15.2. The number of hydrogen-bond acceptors (Lipinski definition) is 5. The van der Waals surface area contributed by atoms with Gasteiger partial charge in [0.25, 0.3) is 5.56 Å². The molecule has 7 heteroatoms. The first-order valence-corrected chi connectivity index (χ1v) is 13.3. The van der Waals surface area contributed by atoms with E-state index in [1.165, 1.54) is 24.0 Å². The number of hydrogen-bond donors (Lipinski definition) is 1. The molecule has 1 saturated carbocycles. The van der Waals surface area contributed by atoms with E-state index in [4.69, 9.17) is 0 Å². The zero-order chi connectivity index (χ0) is 24.9. The standard InChI is InChI=1S/C29H36N6O/c1-3-9-27(28-31-32-33-35(28)17-16-22-10-5-4-6-11-22)34(25-12-7-8-13-25)20-24-19-23-18-21(2)14-15-26(23)30-29(24)36/h4-6,10-11,14-15,18-19,25,27H,3,7-9,12-13,16-17,20H2,1-2H3,(H,30,36)/t27-/m0/s1. The van der Waals surface area contributed by atoms with Crippen molar-refractivity contribution in [3.8, 4) is 0 Å². The third-order valence-corrected chi connectivity index (χ3v) is 7.50. The maximum atomic E-state index is 13.1. The van der Waals surface area contributed by atoms with Crippen LogP contribution in [0.5, 0.6) is 0 Å². The highest BCUT2D eigenvalue weighted by molar-refractivity contribution is 5.79. The number of aromatic nitrogens is 5. The Morgan fingerprint density at radius 2 is 1.92 bits per heavy atom. The second-order valence-electron chi connectivity index (χ2n) is 10.1. The fraction of sp³-hybridized carbons (Fsp3) is 0.448. The van der Waals surface area contributed by atoms with Gasteiger partial charge < -0.3 is 4.98 Å². The number of aryl methyl sites for hydroxylation is 3. The topological polar surface area (TPSA) is 79.7 Å². The summed E-state index contributed by atoms with van der Waals surface area (Å²) in [5, 5.41) is 14.1.